The second-order valence-electron chi connectivity index (χ2n) is 4.32. The Kier molecular flexibility index (Phi) is 3.32. The molecule has 1 saturated carbocycles. The molecule has 1 amide bonds. The van der Waals surface area contributed by atoms with Crippen LogP contribution in [0.1, 0.15) is 26.7 Å². The number of carbonyl (C=O) groups excluding carboxylic acids is 1. The fourth-order valence-corrected chi connectivity index (χ4v) is 1.63. The average Bonchev–Trinajstić information content (AvgIpc) is 2.93. The molecule has 1 rings (SSSR count). The van der Waals surface area contributed by atoms with Gasteiger partial charge in [-0.2, -0.15) is 0 Å². The molecular weight excluding hydrogens is 176 g/mol. The Bertz CT molecular complexity index is 231. The molecule has 3 heteroatoms. The topological polar surface area (TPSA) is 46.3 Å². The Hall–Kier alpha value is -0.830. The Balaban J connectivity index is 2.68. The Morgan fingerprint density at radius 2 is 2.21 bits per heavy atom. The molecule has 80 valence electrons. The summed E-state index contributed by atoms with van der Waals surface area (Å²) < 4.78 is 0. The molecule has 0 aromatic rings. The summed E-state index contributed by atoms with van der Waals surface area (Å²) in [5, 5.41) is 0. The summed E-state index contributed by atoms with van der Waals surface area (Å²) in [6, 6.07) is 0.226. The van der Waals surface area contributed by atoms with Gasteiger partial charge in [0.2, 0.25) is 5.91 Å². The first-order valence-electron chi connectivity index (χ1n) is 5.19. The molecule has 1 fully saturated rings. The van der Waals surface area contributed by atoms with E-state index in [9.17, 15) is 4.79 Å². The van der Waals surface area contributed by atoms with Gasteiger partial charge in [-0.3, -0.25) is 4.79 Å². The van der Waals surface area contributed by atoms with Crippen molar-refractivity contribution in [3.8, 4) is 0 Å². The standard InChI is InChI=1S/C11H20N2O/c1-4-7-13(9(2)3)10(14)11(8-12)5-6-11/h4,9H,1,5-8,12H2,2-3H3. The zero-order valence-electron chi connectivity index (χ0n) is 9.12. The highest BCUT2D eigenvalue weighted by molar-refractivity contribution is 5.86. The highest BCUT2D eigenvalue weighted by Crippen LogP contribution is 2.46. The minimum Gasteiger partial charge on any atom is -0.336 e. The van der Waals surface area contributed by atoms with Crippen LogP contribution in [0.4, 0.5) is 0 Å². The number of hydrogen-bond acceptors (Lipinski definition) is 2. The maximum absolute atomic E-state index is 12.1. The van der Waals surface area contributed by atoms with Crippen molar-refractivity contribution in [2.24, 2.45) is 11.1 Å². The molecule has 0 aliphatic heterocycles. The van der Waals surface area contributed by atoms with Crippen LogP contribution in [0.2, 0.25) is 0 Å². The molecule has 0 bridgehead atoms. The van der Waals surface area contributed by atoms with E-state index in [1.807, 2.05) is 18.7 Å². The molecule has 3 nitrogen and oxygen atoms in total. The fraction of sp³-hybridized carbons (Fsp3) is 0.727. The van der Waals surface area contributed by atoms with Gasteiger partial charge in [0.05, 0.1) is 5.41 Å². The minimum absolute atomic E-state index is 0.204. The number of carbonyl (C=O) groups is 1. The number of rotatable bonds is 5. The lowest BCUT2D eigenvalue weighted by atomic mass is 10.0. The molecule has 0 aromatic carbocycles. The minimum atomic E-state index is -0.229. The summed E-state index contributed by atoms with van der Waals surface area (Å²) in [5.41, 5.74) is 5.40. The van der Waals surface area contributed by atoms with Crippen molar-refractivity contribution in [2.75, 3.05) is 13.1 Å². The molecule has 0 radical (unpaired) electrons. The van der Waals surface area contributed by atoms with Crippen LogP contribution in [0, 0.1) is 5.41 Å². The van der Waals surface area contributed by atoms with Crippen LogP contribution in [0.15, 0.2) is 12.7 Å². The normalized spacial score (nSPS) is 18.0. The largest absolute Gasteiger partial charge is 0.336 e. The quantitative estimate of drug-likeness (QED) is 0.670. The maximum Gasteiger partial charge on any atom is 0.230 e. The van der Waals surface area contributed by atoms with Crippen LogP contribution in [-0.4, -0.2) is 29.9 Å². The second kappa shape index (κ2) is 4.13. The lowest BCUT2D eigenvalue weighted by molar-refractivity contribution is -0.137. The van der Waals surface area contributed by atoms with Crippen LogP contribution in [-0.2, 0) is 4.79 Å². The van der Waals surface area contributed by atoms with Crippen molar-refractivity contribution < 1.29 is 4.79 Å². The van der Waals surface area contributed by atoms with Gasteiger partial charge in [0, 0.05) is 19.1 Å². The van der Waals surface area contributed by atoms with Gasteiger partial charge in [-0.15, -0.1) is 6.58 Å². The molecule has 1 aliphatic carbocycles. The molecule has 0 saturated heterocycles. The summed E-state index contributed by atoms with van der Waals surface area (Å²) in [4.78, 5) is 13.9. The summed E-state index contributed by atoms with van der Waals surface area (Å²) in [5.74, 6) is 0.204. The van der Waals surface area contributed by atoms with Crippen LogP contribution in [0.5, 0.6) is 0 Å². The van der Waals surface area contributed by atoms with Gasteiger partial charge in [0.15, 0.2) is 0 Å². The highest BCUT2D eigenvalue weighted by Gasteiger charge is 2.50. The summed E-state index contributed by atoms with van der Waals surface area (Å²) in [7, 11) is 0. The Morgan fingerprint density at radius 3 is 2.50 bits per heavy atom. The third-order valence-corrected chi connectivity index (χ3v) is 2.91. The number of hydrogen-bond donors (Lipinski definition) is 1. The van der Waals surface area contributed by atoms with E-state index in [-0.39, 0.29) is 17.4 Å². The molecule has 0 heterocycles. The van der Waals surface area contributed by atoms with Crippen molar-refractivity contribution >= 4 is 5.91 Å². The van der Waals surface area contributed by atoms with Gasteiger partial charge in [-0.1, -0.05) is 6.08 Å². The third kappa shape index (κ3) is 1.98. The lowest BCUT2D eigenvalue weighted by Gasteiger charge is -2.29. The van der Waals surface area contributed by atoms with Gasteiger partial charge < -0.3 is 10.6 Å². The monoisotopic (exact) mass is 196 g/mol. The number of nitrogens with zero attached hydrogens (tertiary/aromatic N) is 1. The van der Waals surface area contributed by atoms with E-state index < -0.39 is 0 Å². The van der Waals surface area contributed by atoms with E-state index in [1.54, 1.807) is 6.08 Å². The van der Waals surface area contributed by atoms with Crippen molar-refractivity contribution in [3.63, 3.8) is 0 Å². The Labute approximate surface area is 86.0 Å². The fourth-order valence-electron chi connectivity index (χ4n) is 1.63. The van der Waals surface area contributed by atoms with E-state index in [0.29, 0.717) is 13.1 Å². The second-order valence-corrected chi connectivity index (χ2v) is 4.32. The predicted molar refractivity (Wildman–Crippen MR) is 57.8 cm³/mol. The van der Waals surface area contributed by atoms with Crippen molar-refractivity contribution in [1.82, 2.24) is 4.90 Å². The van der Waals surface area contributed by atoms with Gasteiger partial charge in [0.25, 0.3) is 0 Å². The van der Waals surface area contributed by atoms with Crippen LogP contribution in [0.25, 0.3) is 0 Å². The molecule has 0 atom stereocenters. The van der Waals surface area contributed by atoms with E-state index in [0.717, 1.165) is 12.8 Å². The summed E-state index contributed by atoms with van der Waals surface area (Å²) in [6.45, 7) is 8.81. The molecule has 1 aliphatic rings. The lowest BCUT2D eigenvalue weighted by Crippen LogP contribution is -2.44. The number of nitrogens with two attached hydrogens (primary N) is 1. The molecule has 14 heavy (non-hydrogen) atoms. The highest BCUT2D eigenvalue weighted by atomic mass is 16.2. The van der Waals surface area contributed by atoms with Crippen LogP contribution < -0.4 is 5.73 Å². The molecule has 2 N–H and O–H groups in total. The molecule has 0 aromatic heterocycles. The zero-order valence-corrected chi connectivity index (χ0v) is 9.12. The first-order valence-corrected chi connectivity index (χ1v) is 5.19. The van der Waals surface area contributed by atoms with E-state index >= 15 is 0 Å². The van der Waals surface area contributed by atoms with E-state index in [2.05, 4.69) is 6.58 Å². The summed E-state index contributed by atoms with van der Waals surface area (Å²) >= 11 is 0. The Morgan fingerprint density at radius 1 is 1.64 bits per heavy atom. The summed E-state index contributed by atoms with van der Waals surface area (Å²) in [6.07, 6.45) is 3.66. The van der Waals surface area contributed by atoms with Crippen LogP contribution in [0.3, 0.4) is 0 Å². The van der Waals surface area contributed by atoms with Crippen molar-refractivity contribution in [1.29, 1.82) is 0 Å². The first kappa shape index (κ1) is 11.2. The SMILES string of the molecule is C=CCN(C(=O)C1(CN)CC1)C(C)C. The van der Waals surface area contributed by atoms with Gasteiger partial charge in [0.1, 0.15) is 0 Å². The zero-order chi connectivity index (χ0) is 10.8. The van der Waals surface area contributed by atoms with Gasteiger partial charge in [-0.05, 0) is 26.7 Å². The average molecular weight is 196 g/mol. The van der Waals surface area contributed by atoms with E-state index in [4.69, 9.17) is 5.73 Å². The predicted octanol–water partition coefficient (Wildman–Crippen LogP) is 1.15. The van der Waals surface area contributed by atoms with Crippen molar-refractivity contribution in [3.05, 3.63) is 12.7 Å². The molecular formula is C11H20N2O. The third-order valence-electron chi connectivity index (χ3n) is 2.91. The smallest absolute Gasteiger partial charge is 0.230 e. The van der Waals surface area contributed by atoms with Crippen LogP contribution >= 0.6 is 0 Å². The molecule has 0 spiro atoms. The van der Waals surface area contributed by atoms with Gasteiger partial charge in [-0.25, -0.2) is 0 Å². The van der Waals surface area contributed by atoms with Gasteiger partial charge >= 0.3 is 0 Å². The maximum atomic E-state index is 12.1. The van der Waals surface area contributed by atoms with E-state index in [1.165, 1.54) is 0 Å². The molecule has 0 unspecified atom stereocenters. The first-order chi connectivity index (χ1) is 6.57. The van der Waals surface area contributed by atoms with Crippen molar-refractivity contribution in [2.45, 2.75) is 32.7 Å². The number of amides is 1.